The van der Waals surface area contributed by atoms with Gasteiger partial charge in [-0.15, -0.1) is 0 Å². The van der Waals surface area contributed by atoms with Crippen molar-refractivity contribution >= 4 is 11.9 Å². The minimum atomic E-state index is -1.87. The highest BCUT2D eigenvalue weighted by molar-refractivity contribution is 5.91. The number of aromatic hydroxyl groups is 1. The van der Waals surface area contributed by atoms with E-state index in [1.807, 2.05) is 0 Å². The van der Waals surface area contributed by atoms with Crippen molar-refractivity contribution in [1.29, 1.82) is 0 Å². The first-order chi connectivity index (χ1) is 19.3. The summed E-state index contributed by atoms with van der Waals surface area (Å²) in [5.74, 6) is -1.96. The lowest BCUT2D eigenvalue weighted by Gasteiger charge is -2.43. The topological polar surface area (TPSA) is 139 Å². The summed E-state index contributed by atoms with van der Waals surface area (Å²) in [6, 6.07) is 3.11. The molecule has 0 bridgehead atoms. The Morgan fingerprint density at radius 3 is 1.85 bits per heavy atom. The molecule has 4 unspecified atom stereocenters. The quantitative estimate of drug-likeness (QED) is 0.336. The number of phenols is 1. The van der Waals surface area contributed by atoms with Gasteiger partial charge in [0.1, 0.15) is 11.7 Å². The van der Waals surface area contributed by atoms with Crippen LogP contribution in [0, 0.1) is 5.92 Å². The lowest BCUT2D eigenvalue weighted by atomic mass is 9.71. The third-order valence-electron chi connectivity index (χ3n) is 7.55. The van der Waals surface area contributed by atoms with Crippen molar-refractivity contribution in [2.24, 2.45) is 5.92 Å². The third kappa shape index (κ3) is 5.33. The summed E-state index contributed by atoms with van der Waals surface area (Å²) in [7, 11) is 7.00. The van der Waals surface area contributed by atoms with E-state index in [0.717, 1.165) is 0 Å². The van der Waals surface area contributed by atoms with Crippen molar-refractivity contribution in [3.05, 3.63) is 34.9 Å². The summed E-state index contributed by atoms with van der Waals surface area (Å²) >= 11 is 0. The average molecular weight is 575 g/mol. The van der Waals surface area contributed by atoms with Crippen molar-refractivity contribution in [3.8, 4) is 45.6 Å². The number of esters is 2. The fourth-order valence-electron chi connectivity index (χ4n) is 5.10. The van der Waals surface area contributed by atoms with Crippen LogP contribution in [0.3, 0.4) is 0 Å². The molecule has 1 aliphatic carbocycles. The van der Waals surface area contributed by atoms with Gasteiger partial charge < -0.3 is 43.4 Å². The molecule has 0 aliphatic heterocycles. The SMILES string of the molecule is CC=C(C)C(=O)OC1c2cc(OC)c(OC)c(O)c2-c2c(cc(OC)c(OC)c2OC)C(OC(C)=O)C(C)C1(C)O. The maximum absolute atomic E-state index is 13.2. The van der Waals surface area contributed by atoms with Crippen LogP contribution in [0.4, 0.5) is 0 Å². The summed E-state index contributed by atoms with van der Waals surface area (Å²) in [5, 5.41) is 23.9. The molecule has 41 heavy (non-hydrogen) atoms. The number of hydrogen-bond donors (Lipinski definition) is 2. The number of phenolic OH excluding ortho intramolecular Hbond substituents is 1. The number of hydrogen-bond acceptors (Lipinski definition) is 11. The van der Waals surface area contributed by atoms with Crippen LogP contribution in [-0.2, 0) is 19.1 Å². The van der Waals surface area contributed by atoms with Crippen molar-refractivity contribution in [2.75, 3.05) is 35.5 Å². The molecular weight excluding hydrogens is 536 g/mol. The zero-order valence-electron chi connectivity index (χ0n) is 25.0. The zero-order valence-corrected chi connectivity index (χ0v) is 25.0. The molecule has 0 spiro atoms. The minimum absolute atomic E-state index is 0.0268. The van der Waals surface area contributed by atoms with E-state index in [2.05, 4.69) is 0 Å². The summed E-state index contributed by atoms with van der Waals surface area (Å²) < 4.78 is 39.8. The first-order valence-corrected chi connectivity index (χ1v) is 12.9. The number of allylic oxidation sites excluding steroid dienone is 1. The molecule has 0 heterocycles. The molecule has 2 aromatic carbocycles. The van der Waals surface area contributed by atoms with Gasteiger partial charge in [0, 0.05) is 40.7 Å². The first kappa shape index (κ1) is 31.4. The Hall–Kier alpha value is -4.12. The molecule has 224 valence electrons. The Balaban J connectivity index is 2.67. The summed E-state index contributed by atoms with van der Waals surface area (Å²) in [6.07, 6.45) is -0.950. The molecule has 0 fully saturated rings. The maximum Gasteiger partial charge on any atom is 0.334 e. The van der Waals surface area contributed by atoms with E-state index in [1.54, 1.807) is 32.9 Å². The summed E-state index contributed by atoms with van der Waals surface area (Å²) in [4.78, 5) is 25.6. The molecule has 0 aromatic heterocycles. The van der Waals surface area contributed by atoms with Gasteiger partial charge in [0.25, 0.3) is 0 Å². The van der Waals surface area contributed by atoms with Gasteiger partial charge in [0.15, 0.2) is 29.1 Å². The van der Waals surface area contributed by atoms with E-state index in [4.69, 9.17) is 33.2 Å². The molecule has 0 saturated carbocycles. The molecule has 1 aliphatic rings. The van der Waals surface area contributed by atoms with Gasteiger partial charge >= 0.3 is 11.9 Å². The van der Waals surface area contributed by atoms with E-state index < -0.39 is 41.4 Å². The van der Waals surface area contributed by atoms with Crippen molar-refractivity contribution < 1.29 is 53.0 Å². The van der Waals surface area contributed by atoms with E-state index in [9.17, 15) is 19.8 Å². The molecule has 0 radical (unpaired) electrons. The van der Waals surface area contributed by atoms with Gasteiger partial charge in [0.2, 0.25) is 11.5 Å². The number of carbonyl (C=O) groups excluding carboxylic acids is 2. The van der Waals surface area contributed by atoms with Crippen LogP contribution in [0.5, 0.6) is 34.5 Å². The number of aliphatic hydroxyl groups is 1. The van der Waals surface area contributed by atoms with Crippen LogP contribution in [0.25, 0.3) is 11.1 Å². The van der Waals surface area contributed by atoms with E-state index in [-0.39, 0.29) is 45.4 Å². The number of ether oxygens (including phenoxy) is 7. The van der Waals surface area contributed by atoms with Gasteiger partial charge in [-0.25, -0.2) is 4.79 Å². The average Bonchev–Trinajstić information content (AvgIpc) is 2.95. The van der Waals surface area contributed by atoms with Gasteiger partial charge in [-0.2, -0.15) is 0 Å². The fraction of sp³-hybridized carbons (Fsp3) is 0.467. The predicted octanol–water partition coefficient (Wildman–Crippen LogP) is 4.66. The molecule has 2 aromatic rings. The Morgan fingerprint density at radius 2 is 1.37 bits per heavy atom. The summed E-state index contributed by atoms with van der Waals surface area (Å²) in [6.45, 7) is 7.63. The van der Waals surface area contributed by atoms with Gasteiger partial charge in [0.05, 0.1) is 35.5 Å². The largest absolute Gasteiger partial charge is 0.504 e. The molecular formula is C30H38O11. The molecule has 0 saturated heterocycles. The fourth-order valence-corrected chi connectivity index (χ4v) is 5.10. The number of carbonyl (C=O) groups is 2. The molecule has 11 nitrogen and oxygen atoms in total. The minimum Gasteiger partial charge on any atom is -0.504 e. The summed E-state index contributed by atoms with van der Waals surface area (Å²) in [5.41, 5.74) is -0.736. The number of benzene rings is 2. The van der Waals surface area contributed by atoms with Gasteiger partial charge in [-0.05, 0) is 32.9 Å². The molecule has 4 atom stereocenters. The van der Waals surface area contributed by atoms with E-state index in [1.165, 1.54) is 55.5 Å². The van der Waals surface area contributed by atoms with Crippen LogP contribution in [-0.4, -0.2) is 63.3 Å². The molecule has 2 N–H and O–H groups in total. The smallest absolute Gasteiger partial charge is 0.334 e. The first-order valence-electron chi connectivity index (χ1n) is 12.9. The van der Waals surface area contributed by atoms with E-state index >= 15 is 0 Å². The second kappa shape index (κ2) is 12.2. The van der Waals surface area contributed by atoms with Gasteiger partial charge in [-0.1, -0.05) is 13.0 Å². The number of fused-ring (bicyclic) bond motifs is 3. The van der Waals surface area contributed by atoms with Crippen LogP contribution < -0.4 is 23.7 Å². The third-order valence-corrected chi connectivity index (χ3v) is 7.55. The lowest BCUT2D eigenvalue weighted by molar-refractivity contribution is -0.182. The Bertz CT molecular complexity index is 1360. The molecule has 0 amide bonds. The highest BCUT2D eigenvalue weighted by Gasteiger charge is 2.51. The van der Waals surface area contributed by atoms with Crippen molar-refractivity contribution in [3.63, 3.8) is 0 Å². The lowest BCUT2D eigenvalue weighted by Crippen LogP contribution is -2.46. The Labute approximate surface area is 239 Å². The molecule has 11 heteroatoms. The van der Waals surface area contributed by atoms with Crippen LogP contribution in [0.15, 0.2) is 23.8 Å². The van der Waals surface area contributed by atoms with Crippen LogP contribution in [0.1, 0.15) is 58.0 Å². The molecule has 3 rings (SSSR count). The van der Waals surface area contributed by atoms with Crippen molar-refractivity contribution in [2.45, 2.75) is 52.4 Å². The number of methoxy groups -OCH3 is 5. The highest BCUT2D eigenvalue weighted by atomic mass is 16.6. The zero-order chi connectivity index (χ0) is 30.8. The normalized spacial score (nSPS) is 21.8. The van der Waals surface area contributed by atoms with Crippen LogP contribution >= 0.6 is 0 Å². The Kier molecular flexibility index (Phi) is 9.33. The van der Waals surface area contributed by atoms with Crippen LogP contribution in [0.2, 0.25) is 0 Å². The number of rotatable bonds is 8. The monoisotopic (exact) mass is 574 g/mol. The van der Waals surface area contributed by atoms with E-state index in [0.29, 0.717) is 11.1 Å². The Morgan fingerprint density at radius 1 is 0.829 bits per heavy atom. The van der Waals surface area contributed by atoms with Crippen molar-refractivity contribution in [1.82, 2.24) is 0 Å². The second-order valence-electron chi connectivity index (χ2n) is 9.84. The van der Waals surface area contributed by atoms with Gasteiger partial charge in [-0.3, -0.25) is 4.79 Å². The standard InChI is InChI=1S/C30H38O11/c1-11-14(2)29(33)41-28-18-13-19(35-6)25(37-8)23(32)21(18)22-17(12-20(36-7)26(38-9)27(22)39-10)24(40-16(4)31)15(3)30(28,5)34/h11-13,15,24,28,32,34H,1-10H3. The second-order valence-corrected chi connectivity index (χ2v) is 9.84. The predicted molar refractivity (Wildman–Crippen MR) is 149 cm³/mol. The maximum atomic E-state index is 13.2. The highest BCUT2D eigenvalue weighted by Crippen LogP contribution is 2.60.